The van der Waals surface area contributed by atoms with E-state index in [0.29, 0.717) is 13.1 Å². The minimum Gasteiger partial charge on any atom is -0.468 e. The Hall–Kier alpha value is -2.86. The standard InChI is InChI=1S/C18H17FN2O3/c19-16-7-1-2-8-17(16)20-18(22)13-21(11-14-5-3-9-23-14)12-15-6-4-10-24-15/h1-10H,11-13H2,(H,20,22). The highest BCUT2D eigenvalue weighted by molar-refractivity contribution is 5.92. The molecule has 1 N–H and O–H groups in total. The maximum Gasteiger partial charge on any atom is 0.238 e. The number of nitrogens with zero attached hydrogens (tertiary/aromatic N) is 1. The van der Waals surface area contributed by atoms with E-state index in [1.165, 1.54) is 12.1 Å². The number of halogens is 1. The highest BCUT2D eigenvalue weighted by Crippen LogP contribution is 2.14. The van der Waals surface area contributed by atoms with Crippen molar-refractivity contribution in [2.45, 2.75) is 13.1 Å². The molecule has 5 nitrogen and oxygen atoms in total. The minimum absolute atomic E-state index is 0.0791. The molecule has 0 unspecified atom stereocenters. The lowest BCUT2D eigenvalue weighted by Gasteiger charge is -2.19. The van der Waals surface area contributed by atoms with Crippen molar-refractivity contribution in [1.29, 1.82) is 0 Å². The van der Waals surface area contributed by atoms with Crippen molar-refractivity contribution in [2.24, 2.45) is 0 Å². The van der Waals surface area contributed by atoms with Gasteiger partial charge in [0.05, 0.1) is 37.8 Å². The number of carbonyl (C=O) groups excluding carboxylic acids is 1. The van der Waals surface area contributed by atoms with Crippen LogP contribution >= 0.6 is 0 Å². The van der Waals surface area contributed by atoms with Gasteiger partial charge in [0.25, 0.3) is 0 Å². The Bertz CT molecular complexity index is 733. The molecular formula is C18H17FN2O3. The molecule has 3 rings (SSSR count). The highest BCUT2D eigenvalue weighted by Gasteiger charge is 2.15. The van der Waals surface area contributed by atoms with Gasteiger partial charge >= 0.3 is 0 Å². The number of benzene rings is 1. The van der Waals surface area contributed by atoms with Crippen LogP contribution in [0.4, 0.5) is 10.1 Å². The lowest BCUT2D eigenvalue weighted by molar-refractivity contribution is -0.117. The van der Waals surface area contributed by atoms with E-state index in [4.69, 9.17) is 8.83 Å². The van der Waals surface area contributed by atoms with Crippen LogP contribution in [-0.4, -0.2) is 17.4 Å². The van der Waals surface area contributed by atoms with Crippen LogP contribution in [0.15, 0.2) is 69.9 Å². The summed E-state index contributed by atoms with van der Waals surface area (Å²) in [6, 6.07) is 13.3. The van der Waals surface area contributed by atoms with E-state index in [9.17, 15) is 9.18 Å². The minimum atomic E-state index is -0.463. The van der Waals surface area contributed by atoms with Crippen LogP contribution in [0.2, 0.25) is 0 Å². The zero-order chi connectivity index (χ0) is 16.8. The van der Waals surface area contributed by atoms with Crippen molar-refractivity contribution >= 4 is 11.6 Å². The summed E-state index contributed by atoms with van der Waals surface area (Å²) in [6.45, 7) is 0.965. The Morgan fingerprint density at radius 1 is 0.958 bits per heavy atom. The van der Waals surface area contributed by atoms with Crippen LogP contribution in [0.5, 0.6) is 0 Å². The summed E-state index contributed by atoms with van der Waals surface area (Å²) in [5.41, 5.74) is 0.165. The fourth-order valence-electron chi connectivity index (χ4n) is 2.37. The van der Waals surface area contributed by atoms with E-state index in [1.807, 2.05) is 17.0 Å². The predicted molar refractivity (Wildman–Crippen MR) is 86.6 cm³/mol. The number of amides is 1. The first-order chi connectivity index (χ1) is 11.7. The summed E-state index contributed by atoms with van der Waals surface area (Å²) in [7, 11) is 0. The lowest BCUT2D eigenvalue weighted by atomic mass is 10.3. The zero-order valence-corrected chi connectivity index (χ0v) is 12.9. The second kappa shape index (κ2) is 7.61. The van der Waals surface area contributed by atoms with Crippen molar-refractivity contribution in [3.8, 4) is 0 Å². The second-order valence-electron chi connectivity index (χ2n) is 5.33. The topological polar surface area (TPSA) is 58.6 Å². The monoisotopic (exact) mass is 328 g/mol. The Kier molecular flexibility index (Phi) is 5.08. The van der Waals surface area contributed by atoms with Crippen molar-refractivity contribution in [3.63, 3.8) is 0 Å². The average Bonchev–Trinajstić information content (AvgIpc) is 3.23. The van der Waals surface area contributed by atoms with E-state index in [1.54, 1.807) is 36.8 Å². The number of furan rings is 2. The number of para-hydroxylation sites is 1. The van der Waals surface area contributed by atoms with Gasteiger partial charge in [-0.15, -0.1) is 0 Å². The summed E-state index contributed by atoms with van der Waals surface area (Å²) in [5, 5.41) is 2.58. The quantitative estimate of drug-likeness (QED) is 0.719. The van der Waals surface area contributed by atoms with E-state index < -0.39 is 5.82 Å². The first-order valence-electron chi connectivity index (χ1n) is 7.52. The van der Waals surface area contributed by atoms with Gasteiger partial charge in [0.15, 0.2) is 0 Å². The third kappa shape index (κ3) is 4.33. The first kappa shape index (κ1) is 16.0. The van der Waals surface area contributed by atoms with Gasteiger partial charge in [-0.2, -0.15) is 0 Å². The molecule has 0 radical (unpaired) electrons. The molecule has 0 aliphatic carbocycles. The maximum atomic E-state index is 13.6. The molecule has 0 aliphatic rings. The van der Waals surface area contributed by atoms with Crippen molar-refractivity contribution in [1.82, 2.24) is 4.90 Å². The molecule has 0 atom stereocenters. The molecular weight excluding hydrogens is 311 g/mol. The van der Waals surface area contributed by atoms with Crippen LogP contribution in [0, 0.1) is 5.82 Å². The molecule has 24 heavy (non-hydrogen) atoms. The number of rotatable bonds is 7. The second-order valence-corrected chi connectivity index (χ2v) is 5.33. The molecule has 0 saturated heterocycles. The molecule has 1 aromatic carbocycles. The van der Waals surface area contributed by atoms with Crippen LogP contribution in [0.3, 0.4) is 0 Å². The van der Waals surface area contributed by atoms with Gasteiger partial charge in [-0.25, -0.2) is 4.39 Å². The van der Waals surface area contributed by atoms with Gasteiger partial charge in [-0.3, -0.25) is 9.69 Å². The molecule has 0 bridgehead atoms. The van der Waals surface area contributed by atoms with Crippen LogP contribution < -0.4 is 5.32 Å². The molecule has 6 heteroatoms. The summed E-state index contributed by atoms with van der Waals surface area (Å²) in [6.07, 6.45) is 3.17. The Balaban J connectivity index is 1.66. The summed E-state index contributed by atoms with van der Waals surface area (Å²) in [5.74, 6) is 0.702. The van der Waals surface area contributed by atoms with Crippen LogP contribution in [0.25, 0.3) is 0 Å². The molecule has 0 fully saturated rings. The smallest absolute Gasteiger partial charge is 0.238 e. The van der Waals surface area contributed by atoms with Crippen molar-refractivity contribution in [3.05, 3.63) is 78.4 Å². The third-order valence-electron chi connectivity index (χ3n) is 3.43. The predicted octanol–water partition coefficient (Wildman–Crippen LogP) is 3.65. The Labute approximate surface area is 138 Å². The van der Waals surface area contributed by atoms with E-state index in [2.05, 4.69) is 5.32 Å². The van der Waals surface area contributed by atoms with E-state index in [0.717, 1.165) is 11.5 Å². The molecule has 124 valence electrons. The average molecular weight is 328 g/mol. The third-order valence-corrected chi connectivity index (χ3v) is 3.43. The van der Waals surface area contributed by atoms with Crippen molar-refractivity contribution < 1.29 is 18.0 Å². The zero-order valence-electron chi connectivity index (χ0n) is 12.9. The van der Waals surface area contributed by atoms with E-state index >= 15 is 0 Å². The number of hydrogen-bond donors (Lipinski definition) is 1. The van der Waals surface area contributed by atoms with Gasteiger partial charge < -0.3 is 14.2 Å². The highest BCUT2D eigenvalue weighted by atomic mass is 19.1. The van der Waals surface area contributed by atoms with E-state index in [-0.39, 0.29) is 18.1 Å². The SMILES string of the molecule is O=C(CN(Cc1ccco1)Cc1ccco1)Nc1ccccc1F. The molecule has 1 amide bonds. The molecule has 0 saturated carbocycles. The normalized spacial score (nSPS) is 10.9. The van der Waals surface area contributed by atoms with Crippen LogP contribution in [0.1, 0.15) is 11.5 Å². The van der Waals surface area contributed by atoms with Gasteiger partial charge in [0.2, 0.25) is 5.91 Å². The number of hydrogen-bond acceptors (Lipinski definition) is 4. The summed E-state index contributed by atoms with van der Waals surface area (Å²) >= 11 is 0. The fourth-order valence-corrected chi connectivity index (χ4v) is 2.37. The van der Waals surface area contributed by atoms with Gasteiger partial charge in [-0.05, 0) is 36.4 Å². The van der Waals surface area contributed by atoms with Crippen molar-refractivity contribution in [2.75, 3.05) is 11.9 Å². The number of nitrogens with one attached hydrogen (secondary N) is 1. The Morgan fingerprint density at radius 3 is 2.12 bits per heavy atom. The molecule has 2 heterocycles. The van der Waals surface area contributed by atoms with Gasteiger partial charge in [0.1, 0.15) is 17.3 Å². The molecule has 2 aromatic heterocycles. The maximum absolute atomic E-state index is 13.6. The Morgan fingerprint density at radius 2 is 1.58 bits per heavy atom. The summed E-state index contributed by atoms with van der Waals surface area (Å²) < 4.78 is 24.3. The number of carbonyl (C=O) groups is 1. The largest absolute Gasteiger partial charge is 0.468 e. The number of anilines is 1. The molecule has 0 spiro atoms. The van der Waals surface area contributed by atoms with Crippen LogP contribution in [-0.2, 0) is 17.9 Å². The lowest BCUT2D eigenvalue weighted by Crippen LogP contribution is -2.32. The fraction of sp³-hybridized carbons (Fsp3) is 0.167. The molecule has 3 aromatic rings. The first-order valence-corrected chi connectivity index (χ1v) is 7.52. The van der Waals surface area contributed by atoms with Gasteiger partial charge in [0, 0.05) is 0 Å². The summed E-state index contributed by atoms with van der Waals surface area (Å²) in [4.78, 5) is 14.1. The molecule has 0 aliphatic heterocycles. The van der Waals surface area contributed by atoms with Gasteiger partial charge in [-0.1, -0.05) is 12.1 Å².